The summed E-state index contributed by atoms with van der Waals surface area (Å²) in [5, 5.41) is 11.0. The second-order valence-corrected chi connectivity index (χ2v) is 17.1. The van der Waals surface area contributed by atoms with E-state index >= 15 is 0 Å². The number of aldehydes is 2. The van der Waals surface area contributed by atoms with Crippen LogP contribution >= 0.6 is 0 Å². The van der Waals surface area contributed by atoms with Gasteiger partial charge in [-0.05, 0) is 104 Å². The van der Waals surface area contributed by atoms with E-state index in [1.165, 1.54) is 6.92 Å². The topological polar surface area (TPSA) is 151 Å². The summed E-state index contributed by atoms with van der Waals surface area (Å²) in [5.74, 6) is 0.230. The zero-order chi connectivity index (χ0) is 33.8. The minimum atomic E-state index is -1.35. The van der Waals surface area contributed by atoms with Crippen LogP contribution in [0, 0.1) is 51.2 Å². The van der Waals surface area contributed by atoms with Gasteiger partial charge in [0.25, 0.3) is 0 Å². The average molecular weight is 646 g/mol. The lowest BCUT2D eigenvalue weighted by molar-refractivity contribution is -0.218. The Morgan fingerprint density at radius 1 is 1.09 bits per heavy atom. The van der Waals surface area contributed by atoms with E-state index in [4.69, 9.17) is 24.7 Å². The summed E-state index contributed by atoms with van der Waals surface area (Å²) in [6.07, 6.45) is 3.60. The second kappa shape index (κ2) is 10.9. The molecule has 6 rings (SSSR count). The third-order valence-corrected chi connectivity index (χ3v) is 14.7. The molecule has 5 saturated carbocycles. The standard InChI is InChI=1S/C36H55NO9/c1-19-17-22(30(32(6,7)42)44-21(3)40)45-28-27(19)33(8)13-14-35-20(2)34(35)12-11-25(46-26(18-39)43-16-15-38)31(4,5)23(34)9-10-24(35)36(33,37)29(28)41/h15,18-20,22-28,30,42H,9-14,16-17,37H2,1-8H3. The number of esters is 1. The lowest BCUT2D eigenvalue weighted by Crippen LogP contribution is -2.69. The molecule has 6 aliphatic rings. The van der Waals surface area contributed by atoms with Gasteiger partial charge in [-0.15, -0.1) is 0 Å². The summed E-state index contributed by atoms with van der Waals surface area (Å²) in [4.78, 5) is 49.5. The molecule has 2 spiro atoms. The Kier molecular flexibility index (Phi) is 8.09. The molecule has 0 aromatic rings. The van der Waals surface area contributed by atoms with E-state index in [0.29, 0.717) is 30.8 Å². The number of carbonyl (C=O) groups excluding carboxylic acids is 4. The van der Waals surface area contributed by atoms with Gasteiger partial charge in [0.05, 0.1) is 23.3 Å². The average Bonchev–Trinajstić information content (AvgIpc) is 3.44. The molecule has 1 heterocycles. The van der Waals surface area contributed by atoms with Crippen LogP contribution in [0.5, 0.6) is 0 Å². The third-order valence-electron chi connectivity index (χ3n) is 14.7. The quantitative estimate of drug-likeness (QED) is 0.215. The monoisotopic (exact) mass is 645 g/mol. The van der Waals surface area contributed by atoms with Crippen molar-refractivity contribution in [3.63, 3.8) is 0 Å². The Morgan fingerprint density at radius 2 is 1.74 bits per heavy atom. The molecule has 1 aliphatic heterocycles. The van der Waals surface area contributed by atoms with Crippen LogP contribution < -0.4 is 5.73 Å². The fraction of sp³-hybridized carbons (Fsp3) is 0.889. The van der Waals surface area contributed by atoms with E-state index in [9.17, 15) is 24.3 Å². The second-order valence-electron chi connectivity index (χ2n) is 17.1. The van der Waals surface area contributed by atoms with E-state index in [0.717, 1.165) is 38.5 Å². The number of carbonyl (C=O) groups is 4. The SMILES string of the molecule is CC(=O)OC(C1CC(C)C2C(O1)C(=O)C1(N)C3CCC4C(C)(C)C(OC(C=O)OCC=O)CCC45C(C)C35CCC21C)C(C)(C)O. The van der Waals surface area contributed by atoms with Gasteiger partial charge in [0, 0.05) is 12.8 Å². The lowest BCUT2D eigenvalue weighted by atomic mass is 9.43. The summed E-state index contributed by atoms with van der Waals surface area (Å²) in [6, 6.07) is 0. The molecular weight excluding hydrogens is 590 g/mol. The van der Waals surface area contributed by atoms with Crippen LogP contribution in [0.15, 0.2) is 0 Å². The van der Waals surface area contributed by atoms with E-state index < -0.39 is 47.1 Å². The highest BCUT2D eigenvalue weighted by Gasteiger charge is 2.88. The van der Waals surface area contributed by atoms with Crippen molar-refractivity contribution in [3.05, 3.63) is 0 Å². The van der Waals surface area contributed by atoms with Crippen molar-refractivity contribution in [2.24, 2.45) is 57.0 Å². The van der Waals surface area contributed by atoms with Crippen LogP contribution in [0.2, 0.25) is 0 Å². The fourth-order valence-electron chi connectivity index (χ4n) is 13.1. The first-order valence-electron chi connectivity index (χ1n) is 17.4. The van der Waals surface area contributed by atoms with Crippen molar-refractivity contribution >= 4 is 24.3 Å². The summed E-state index contributed by atoms with van der Waals surface area (Å²) in [7, 11) is 0. The van der Waals surface area contributed by atoms with E-state index in [1.54, 1.807) is 13.8 Å². The third kappa shape index (κ3) is 4.24. The van der Waals surface area contributed by atoms with Crippen LogP contribution in [0.25, 0.3) is 0 Å². The zero-order valence-electron chi connectivity index (χ0n) is 28.9. The van der Waals surface area contributed by atoms with Gasteiger partial charge in [0.15, 0.2) is 18.2 Å². The van der Waals surface area contributed by atoms with Crippen LogP contribution in [-0.2, 0) is 38.1 Å². The van der Waals surface area contributed by atoms with Crippen LogP contribution in [0.4, 0.5) is 0 Å². The number of aliphatic hydroxyl groups is 1. The summed E-state index contributed by atoms with van der Waals surface area (Å²) >= 11 is 0. The molecule has 1 saturated heterocycles. The molecule has 0 aromatic carbocycles. The number of ketones is 1. The van der Waals surface area contributed by atoms with Gasteiger partial charge in [-0.25, -0.2) is 0 Å². The summed E-state index contributed by atoms with van der Waals surface area (Å²) in [6.45, 7) is 15.6. The first kappa shape index (κ1) is 34.2. The molecule has 10 nitrogen and oxygen atoms in total. The largest absolute Gasteiger partial charge is 0.457 e. The van der Waals surface area contributed by atoms with Gasteiger partial charge in [-0.2, -0.15) is 0 Å². The highest BCUT2D eigenvalue weighted by Crippen LogP contribution is 2.89. The first-order valence-corrected chi connectivity index (χ1v) is 17.4. The molecule has 0 radical (unpaired) electrons. The molecule has 0 bridgehead atoms. The van der Waals surface area contributed by atoms with Gasteiger partial charge in [0.2, 0.25) is 6.29 Å². The smallest absolute Gasteiger partial charge is 0.303 e. The first-order chi connectivity index (χ1) is 21.4. The van der Waals surface area contributed by atoms with Gasteiger partial charge < -0.3 is 34.6 Å². The normalized spacial score (nSPS) is 48.4. The zero-order valence-corrected chi connectivity index (χ0v) is 28.9. The van der Waals surface area contributed by atoms with Crippen LogP contribution in [-0.4, -0.2) is 77.9 Å². The Bertz CT molecular complexity index is 1280. The molecule has 14 atom stereocenters. The maximum Gasteiger partial charge on any atom is 0.303 e. The molecule has 14 unspecified atom stereocenters. The molecule has 258 valence electrons. The number of hydrogen-bond donors (Lipinski definition) is 2. The number of rotatable bonds is 9. The molecule has 3 N–H and O–H groups in total. The maximum atomic E-state index is 14.9. The van der Waals surface area contributed by atoms with E-state index in [-0.39, 0.29) is 52.5 Å². The Balaban J connectivity index is 1.30. The maximum absolute atomic E-state index is 14.9. The predicted octanol–water partition coefficient (Wildman–Crippen LogP) is 3.77. The molecule has 0 amide bonds. The molecule has 5 aliphatic carbocycles. The molecule has 10 heteroatoms. The highest BCUT2D eigenvalue weighted by molar-refractivity contribution is 5.97. The van der Waals surface area contributed by atoms with Gasteiger partial charge in [-0.1, -0.05) is 34.6 Å². The molecule has 0 aromatic heterocycles. The van der Waals surface area contributed by atoms with Crippen molar-refractivity contribution in [3.8, 4) is 0 Å². The minimum Gasteiger partial charge on any atom is -0.457 e. The van der Waals surface area contributed by atoms with Crippen LogP contribution in [0.3, 0.4) is 0 Å². The number of Topliss-reactive ketones (excluding diaryl/α,β-unsaturated/α-hetero) is 1. The number of ether oxygens (including phenoxy) is 4. The lowest BCUT2D eigenvalue weighted by Gasteiger charge is -2.62. The summed E-state index contributed by atoms with van der Waals surface area (Å²) < 4.78 is 23.8. The van der Waals surface area contributed by atoms with Crippen molar-refractivity contribution in [2.75, 3.05) is 6.61 Å². The number of nitrogens with two attached hydrogens (primary N) is 1. The molecule has 6 fully saturated rings. The van der Waals surface area contributed by atoms with Gasteiger partial charge >= 0.3 is 5.97 Å². The Morgan fingerprint density at radius 3 is 2.35 bits per heavy atom. The van der Waals surface area contributed by atoms with Gasteiger partial charge in [-0.3, -0.25) is 14.4 Å². The fourth-order valence-corrected chi connectivity index (χ4v) is 13.1. The predicted molar refractivity (Wildman–Crippen MR) is 167 cm³/mol. The van der Waals surface area contributed by atoms with Crippen molar-refractivity contribution in [1.82, 2.24) is 0 Å². The Hall–Kier alpha value is -1.72. The summed E-state index contributed by atoms with van der Waals surface area (Å²) in [5.41, 5.74) is 4.51. The van der Waals surface area contributed by atoms with Crippen molar-refractivity contribution < 1.29 is 43.2 Å². The van der Waals surface area contributed by atoms with E-state index in [2.05, 4.69) is 34.6 Å². The van der Waals surface area contributed by atoms with Gasteiger partial charge in [0.1, 0.15) is 19.0 Å². The van der Waals surface area contributed by atoms with E-state index in [1.807, 2.05) is 0 Å². The Labute approximate surface area is 273 Å². The van der Waals surface area contributed by atoms with Crippen molar-refractivity contribution in [2.45, 2.75) is 142 Å². The number of fused-ring (bicyclic) bond motifs is 4. The minimum absolute atomic E-state index is 0.0165. The number of hydrogen-bond acceptors (Lipinski definition) is 10. The molecular formula is C36H55NO9. The van der Waals surface area contributed by atoms with Crippen LogP contribution in [0.1, 0.15) is 100 Å². The highest BCUT2D eigenvalue weighted by atomic mass is 16.7. The molecule has 46 heavy (non-hydrogen) atoms. The van der Waals surface area contributed by atoms with Crippen molar-refractivity contribution in [1.29, 1.82) is 0 Å².